The number of methoxy groups -OCH3 is 1. The fourth-order valence-electron chi connectivity index (χ4n) is 1.60. The zero-order valence-corrected chi connectivity index (χ0v) is 10.7. The Labute approximate surface area is 106 Å². The van der Waals surface area contributed by atoms with Crippen LogP contribution in [0.25, 0.3) is 0 Å². The highest BCUT2D eigenvalue weighted by Gasteiger charge is 2.19. The number of anilines is 1. The molecule has 7 heteroatoms. The van der Waals surface area contributed by atoms with Crippen LogP contribution in [-0.2, 0) is 11.2 Å². The average molecular weight is 256 g/mol. The van der Waals surface area contributed by atoms with E-state index in [-0.39, 0.29) is 18.9 Å². The lowest BCUT2D eigenvalue weighted by molar-refractivity contribution is 0.0836. The number of nitrogens with two attached hydrogens (primary N) is 1. The lowest BCUT2D eigenvalue weighted by Crippen LogP contribution is -2.41. The number of nitrogen functional groups attached to an aromatic ring is 1. The first-order valence-corrected chi connectivity index (χ1v) is 5.87. The maximum absolute atomic E-state index is 11.9. The van der Waals surface area contributed by atoms with Gasteiger partial charge in [-0.25, -0.2) is 0 Å². The van der Waals surface area contributed by atoms with Crippen LogP contribution < -0.4 is 11.1 Å². The molecule has 1 amide bonds. The van der Waals surface area contributed by atoms with Crippen molar-refractivity contribution in [3.63, 3.8) is 0 Å². The molecule has 1 heterocycles. The van der Waals surface area contributed by atoms with E-state index in [4.69, 9.17) is 15.6 Å². The van der Waals surface area contributed by atoms with Gasteiger partial charge in [-0.15, -0.1) is 0 Å². The van der Waals surface area contributed by atoms with Crippen LogP contribution in [0.3, 0.4) is 0 Å². The smallest absolute Gasteiger partial charge is 0.274 e. The summed E-state index contributed by atoms with van der Waals surface area (Å²) >= 11 is 0. The Kier molecular flexibility index (Phi) is 5.60. The van der Waals surface area contributed by atoms with Gasteiger partial charge in [-0.1, -0.05) is 13.3 Å². The van der Waals surface area contributed by atoms with E-state index in [1.54, 1.807) is 0 Å². The number of aliphatic hydroxyl groups is 1. The second-order valence-corrected chi connectivity index (χ2v) is 4.02. The quantitative estimate of drug-likeness (QED) is 0.534. The van der Waals surface area contributed by atoms with Crippen LogP contribution in [0.5, 0.6) is 0 Å². The van der Waals surface area contributed by atoms with Gasteiger partial charge in [0.05, 0.1) is 30.6 Å². The first kappa shape index (κ1) is 14.5. The van der Waals surface area contributed by atoms with Crippen LogP contribution in [0.4, 0.5) is 5.69 Å². The second-order valence-electron chi connectivity index (χ2n) is 4.02. The number of rotatable bonds is 7. The van der Waals surface area contributed by atoms with E-state index in [2.05, 4.69) is 15.5 Å². The zero-order chi connectivity index (χ0) is 13.5. The van der Waals surface area contributed by atoms with Gasteiger partial charge in [0.2, 0.25) is 0 Å². The van der Waals surface area contributed by atoms with E-state index in [0.717, 1.165) is 18.5 Å². The topological polar surface area (TPSA) is 113 Å². The molecule has 1 atom stereocenters. The molecule has 0 aromatic carbocycles. The molecule has 1 unspecified atom stereocenters. The predicted molar refractivity (Wildman–Crippen MR) is 67.2 cm³/mol. The third-order valence-corrected chi connectivity index (χ3v) is 2.52. The van der Waals surface area contributed by atoms with Crippen molar-refractivity contribution in [2.45, 2.75) is 25.8 Å². The Morgan fingerprint density at radius 3 is 2.94 bits per heavy atom. The second kappa shape index (κ2) is 6.97. The molecule has 0 saturated heterocycles. The molecule has 5 N–H and O–H groups in total. The minimum atomic E-state index is -0.465. The van der Waals surface area contributed by atoms with Gasteiger partial charge in [0.1, 0.15) is 0 Å². The van der Waals surface area contributed by atoms with E-state index in [1.165, 1.54) is 7.11 Å². The van der Waals surface area contributed by atoms with Gasteiger partial charge < -0.3 is 20.9 Å². The first-order valence-electron chi connectivity index (χ1n) is 5.87. The number of aromatic amines is 1. The van der Waals surface area contributed by atoms with E-state index in [1.807, 2.05) is 6.92 Å². The minimum Gasteiger partial charge on any atom is -0.395 e. The fraction of sp³-hybridized carbons (Fsp3) is 0.636. The summed E-state index contributed by atoms with van der Waals surface area (Å²) in [5, 5.41) is 18.3. The Hall–Kier alpha value is -1.60. The van der Waals surface area contributed by atoms with Crippen LogP contribution >= 0.6 is 0 Å². The van der Waals surface area contributed by atoms with Crippen molar-refractivity contribution in [2.24, 2.45) is 0 Å². The standard InChI is InChI=1S/C11H20N4O3/c1-3-4-8-9(12)10(15-14-8)11(17)13-7(5-16)6-18-2/h7,16H,3-6,12H2,1-2H3,(H,13,17)(H,14,15). The number of nitrogens with zero attached hydrogens (tertiary/aromatic N) is 1. The minimum absolute atomic E-state index is 0.160. The normalized spacial score (nSPS) is 12.4. The Morgan fingerprint density at radius 1 is 1.67 bits per heavy atom. The molecule has 18 heavy (non-hydrogen) atoms. The Bertz CT molecular complexity index is 392. The maximum atomic E-state index is 11.9. The van der Waals surface area contributed by atoms with Crippen molar-refractivity contribution in [1.29, 1.82) is 0 Å². The molecule has 1 rings (SSSR count). The molecule has 0 aliphatic heterocycles. The monoisotopic (exact) mass is 256 g/mol. The summed E-state index contributed by atoms with van der Waals surface area (Å²) in [6.45, 7) is 2.04. The summed E-state index contributed by atoms with van der Waals surface area (Å²) < 4.78 is 4.87. The molecule has 0 aliphatic carbocycles. The largest absolute Gasteiger partial charge is 0.395 e. The van der Waals surface area contributed by atoms with Crippen LogP contribution in [0, 0.1) is 0 Å². The number of hydrogen-bond donors (Lipinski definition) is 4. The number of aliphatic hydroxyl groups excluding tert-OH is 1. The van der Waals surface area contributed by atoms with Crippen molar-refractivity contribution in [1.82, 2.24) is 15.5 Å². The highest BCUT2D eigenvalue weighted by Crippen LogP contribution is 2.15. The van der Waals surface area contributed by atoms with E-state index >= 15 is 0 Å². The van der Waals surface area contributed by atoms with Crippen molar-refractivity contribution in [2.75, 3.05) is 26.1 Å². The maximum Gasteiger partial charge on any atom is 0.274 e. The molecule has 102 valence electrons. The summed E-state index contributed by atoms with van der Waals surface area (Å²) in [7, 11) is 1.50. The summed E-state index contributed by atoms with van der Waals surface area (Å²) in [5.74, 6) is -0.415. The average Bonchev–Trinajstić information content (AvgIpc) is 2.71. The molecular formula is C11H20N4O3. The number of nitrogens with one attached hydrogen (secondary N) is 2. The lowest BCUT2D eigenvalue weighted by atomic mass is 10.2. The van der Waals surface area contributed by atoms with Crippen molar-refractivity contribution >= 4 is 11.6 Å². The molecule has 0 aliphatic rings. The number of aryl methyl sites for hydroxylation is 1. The van der Waals surface area contributed by atoms with Gasteiger partial charge >= 0.3 is 0 Å². The summed E-state index contributed by atoms with van der Waals surface area (Å²) in [6, 6.07) is -0.465. The van der Waals surface area contributed by atoms with Crippen LogP contribution in [0.1, 0.15) is 29.5 Å². The number of carbonyl (C=O) groups is 1. The van der Waals surface area contributed by atoms with Crippen LogP contribution in [-0.4, -0.2) is 47.6 Å². The molecule has 0 bridgehead atoms. The zero-order valence-electron chi connectivity index (χ0n) is 10.7. The SMILES string of the molecule is CCCc1[nH]nc(C(=O)NC(CO)COC)c1N. The van der Waals surface area contributed by atoms with Gasteiger partial charge in [0.25, 0.3) is 5.91 Å². The fourth-order valence-corrected chi connectivity index (χ4v) is 1.60. The van der Waals surface area contributed by atoms with Crippen molar-refractivity contribution < 1.29 is 14.6 Å². The molecule has 0 fully saturated rings. The van der Waals surface area contributed by atoms with E-state index in [9.17, 15) is 4.79 Å². The van der Waals surface area contributed by atoms with E-state index < -0.39 is 11.9 Å². The van der Waals surface area contributed by atoms with Crippen LogP contribution in [0.2, 0.25) is 0 Å². The summed E-state index contributed by atoms with van der Waals surface area (Å²) in [6.07, 6.45) is 1.66. The predicted octanol–water partition coefficient (Wildman–Crippen LogP) is -0.318. The third-order valence-electron chi connectivity index (χ3n) is 2.52. The van der Waals surface area contributed by atoms with Crippen molar-refractivity contribution in [3.8, 4) is 0 Å². The molecule has 0 radical (unpaired) electrons. The summed E-state index contributed by atoms with van der Waals surface area (Å²) in [5.41, 5.74) is 7.12. The van der Waals surface area contributed by atoms with Gasteiger partial charge in [-0.05, 0) is 6.42 Å². The van der Waals surface area contributed by atoms with Gasteiger partial charge in [0.15, 0.2) is 5.69 Å². The number of H-pyrrole nitrogens is 1. The van der Waals surface area contributed by atoms with Gasteiger partial charge in [-0.2, -0.15) is 5.10 Å². The molecule has 7 nitrogen and oxygen atoms in total. The first-order chi connectivity index (χ1) is 8.63. The molecule has 0 spiro atoms. The number of amides is 1. The summed E-state index contributed by atoms with van der Waals surface area (Å²) in [4.78, 5) is 11.9. The number of hydrogen-bond acceptors (Lipinski definition) is 5. The highest BCUT2D eigenvalue weighted by molar-refractivity contribution is 5.97. The number of aromatic nitrogens is 2. The Morgan fingerprint density at radius 2 is 2.39 bits per heavy atom. The van der Waals surface area contributed by atoms with E-state index in [0.29, 0.717) is 5.69 Å². The molecule has 1 aromatic heterocycles. The lowest BCUT2D eigenvalue weighted by Gasteiger charge is -2.14. The Balaban J connectivity index is 2.71. The van der Waals surface area contributed by atoms with Crippen molar-refractivity contribution in [3.05, 3.63) is 11.4 Å². The molecular weight excluding hydrogens is 236 g/mol. The third kappa shape index (κ3) is 3.44. The number of carbonyl (C=O) groups excluding carboxylic acids is 1. The van der Waals surface area contributed by atoms with Crippen LogP contribution in [0.15, 0.2) is 0 Å². The molecule has 1 aromatic rings. The van der Waals surface area contributed by atoms with Gasteiger partial charge in [0, 0.05) is 7.11 Å². The number of ether oxygens (including phenoxy) is 1. The highest BCUT2D eigenvalue weighted by atomic mass is 16.5. The van der Waals surface area contributed by atoms with Gasteiger partial charge in [-0.3, -0.25) is 9.89 Å². The molecule has 0 saturated carbocycles.